The van der Waals surface area contributed by atoms with Crippen molar-refractivity contribution in [3.05, 3.63) is 94.5 Å². The van der Waals surface area contributed by atoms with Crippen LogP contribution in [0.4, 0.5) is 0 Å². The Morgan fingerprint density at radius 2 is 1.71 bits per heavy atom. The monoisotopic (exact) mass is 372 g/mol. The third-order valence-corrected chi connectivity index (χ3v) is 4.59. The molecule has 1 heterocycles. The summed E-state index contributed by atoms with van der Waals surface area (Å²) in [5, 5.41) is 0.479. The van der Waals surface area contributed by atoms with Crippen LogP contribution in [0.25, 0.3) is 16.6 Å². The number of benzene rings is 3. The van der Waals surface area contributed by atoms with Gasteiger partial charge in [0, 0.05) is 6.07 Å². The molecule has 0 bridgehead atoms. The van der Waals surface area contributed by atoms with Gasteiger partial charge in [0.15, 0.2) is 11.5 Å². The first-order chi connectivity index (χ1) is 13.7. The third-order valence-electron chi connectivity index (χ3n) is 4.59. The predicted octanol–water partition coefficient (Wildman–Crippen LogP) is 4.28. The highest BCUT2D eigenvalue weighted by Crippen LogP contribution is 2.31. The maximum atomic E-state index is 13.0. The molecule has 0 unspecified atom stereocenters. The minimum atomic E-state index is -0.151. The van der Waals surface area contributed by atoms with Crippen LogP contribution in [0.1, 0.15) is 11.1 Å². The zero-order chi connectivity index (χ0) is 19.5. The van der Waals surface area contributed by atoms with Gasteiger partial charge in [-0.15, -0.1) is 0 Å². The second-order valence-electron chi connectivity index (χ2n) is 6.55. The minimum Gasteiger partial charge on any atom is -0.493 e. The summed E-state index contributed by atoms with van der Waals surface area (Å²) in [7, 11) is 1.56. The molecule has 140 valence electrons. The molecule has 28 heavy (non-hydrogen) atoms. The Morgan fingerprint density at radius 1 is 0.964 bits per heavy atom. The zero-order valence-electron chi connectivity index (χ0n) is 15.8. The molecule has 0 atom stereocenters. The SMILES string of the molecule is COc1cc2c(=O)n(-c3ccc(C)cc3)cnc2cc1OCc1ccccc1. The van der Waals surface area contributed by atoms with E-state index in [2.05, 4.69) is 4.98 Å². The largest absolute Gasteiger partial charge is 0.493 e. The highest BCUT2D eigenvalue weighted by molar-refractivity contribution is 5.82. The van der Waals surface area contributed by atoms with Crippen LogP contribution in [0, 0.1) is 6.92 Å². The molecule has 0 aliphatic carbocycles. The summed E-state index contributed by atoms with van der Waals surface area (Å²) in [6.45, 7) is 2.41. The fourth-order valence-corrected chi connectivity index (χ4v) is 3.03. The van der Waals surface area contributed by atoms with Crippen molar-refractivity contribution in [3.63, 3.8) is 0 Å². The Kier molecular flexibility index (Phi) is 4.81. The second kappa shape index (κ2) is 7.56. The van der Waals surface area contributed by atoms with Crippen LogP contribution in [0.3, 0.4) is 0 Å². The van der Waals surface area contributed by atoms with Crippen LogP contribution in [0.15, 0.2) is 77.9 Å². The first-order valence-corrected chi connectivity index (χ1v) is 8.99. The molecule has 0 aliphatic heterocycles. The van der Waals surface area contributed by atoms with E-state index in [1.807, 2.05) is 61.5 Å². The lowest BCUT2D eigenvalue weighted by Crippen LogP contribution is -2.19. The van der Waals surface area contributed by atoms with Crippen molar-refractivity contribution in [1.29, 1.82) is 0 Å². The number of rotatable bonds is 5. The van der Waals surface area contributed by atoms with E-state index in [0.29, 0.717) is 29.0 Å². The van der Waals surface area contributed by atoms with Gasteiger partial charge in [0.05, 0.1) is 23.7 Å². The lowest BCUT2D eigenvalue weighted by atomic mass is 10.2. The summed E-state index contributed by atoms with van der Waals surface area (Å²) >= 11 is 0. The quantitative estimate of drug-likeness (QED) is 0.525. The van der Waals surface area contributed by atoms with Crippen LogP contribution in [0.5, 0.6) is 11.5 Å². The van der Waals surface area contributed by atoms with Gasteiger partial charge in [0.1, 0.15) is 12.9 Å². The number of hydrogen-bond acceptors (Lipinski definition) is 4. The molecule has 4 aromatic rings. The lowest BCUT2D eigenvalue weighted by Gasteiger charge is -2.13. The van der Waals surface area contributed by atoms with Gasteiger partial charge in [-0.05, 0) is 30.7 Å². The zero-order valence-corrected chi connectivity index (χ0v) is 15.8. The number of ether oxygens (including phenoxy) is 2. The van der Waals surface area contributed by atoms with Gasteiger partial charge < -0.3 is 9.47 Å². The number of fused-ring (bicyclic) bond motifs is 1. The number of nitrogens with zero attached hydrogens (tertiary/aromatic N) is 2. The molecular weight excluding hydrogens is 352 g/mol. The van der Waals surface area contributed by atoms with E-state index in [1.165, 1.54) is 4.57 Å². The first kappa shape index (κ1) is 17.8. The van der Waals surface area contributed by atoms with Gasteiger partial charge in [0.2, 0.25) is 0 Å². The molecule has 0 aliphatic rings. The molecule has 0 amide bonds. The topological polar surface area (TPSA) is 53.4 Å². The fourth-order valence-electron chi connectivity index (χ4n) is 3.03. The second-order valence-corrected chi connectivity index (χ2v) is 6.55. The Bertz CT molecular complexity index is 1170. The van der Waals surface area contributed by atoms with E-state index in [4.69, 9.17) is 9.47 Å². The molecule has 0 saturated carbocycles. The summed E-state index contributed by atoms with van der Waals surface area (Å²) in [6, 6.07) is 21.0. The Balaban J connectivity index is 1.73. The number of aryl methyl sites for hydroxylation is 1. The Labute approximate surface area is 162 Å². The van der Waals surface area contributed by atoms with Crippen LogP contribution in [-0.2, 0) is 6.61 Å². The fraction of sp³-hybridized carbons (Fsp3) is 0.130. The van der Waals surface area contributed by atoms with Crippen molar-refractivity contribution in [2.75, 3.05) is 7.11 Å². The van der Waals surface area contributed by atoms with Crippen molar-refractivity contribution < 1.29 is 9.47 Å². The van der Waals surface area contributed by atoms with Crippen molar-refractivity contribution in [3.8, 4) is 17.2 Å². The molecular formula is C23H20N2O3. The third kappa shape index (κ3) is 3.47. The van der Waals surface area contributed by atoms with Crippen LogP contribution in [0.2, 0.25) is 0 Å². The van der Waals surface area contributed by atoms with Crippen LogP contribution in [-0.4, -0.2) is 16.7 Å². The molecule has 1 aromatic heterocycles. The molecule has 5 nitrogen and oxygen atoms in total. The number of hydrogen-bond donors (Lipinski definition) is 0. The maximum Gasteiger partial charge on any atom is 0.265 e. The summed E-state index contributed by atoms with van der Waals surface area (Å²) < 4.78 is 12.9. The summed E-state index contributed by atoms with van der Waals surface area (Å²) in [4.78, 5) is 17.5. The molecule has 0 N–H and O–H groups in total. The predicted molar refractivity (Wildman–Crippen MR) is 109 cm³/mol. The van der Waals surface area contributed by atoms with Crippen molar-refractivity contribution in [2.24, 2.45) is 0 Å². The van der Waals surface area contributed by atoms with Crippen molar-refractivity contribution in [2.45, 2.75) is 13.5 Å². The molecule has 0 spiro atoms. The van der Waals surface area contributed by atoms with E-state index >= 15 is 0 Å². The van der Waals surface area contributed by atoms with Crippen molar-refractivity contribution in [1.82, 2.24) is 9.55 Å². The lowest BCUT2D eigenvalue weighted by molar-refractivity contribution is 0.285. The van der Waals surface area contributed by atoms with E-state index in [0.717, 1.165) is 16.8 Å². The van der Waals surface area contributed by atoms with Crippen LogP contribution >= 0.6 is 0 Å². The van der Waals surface area contributed by atoms with E-state index < -0.39 is 0 Å². The standard InChI is InChI=1S/C23H20N2O3/c1-16-8-10-18(11-9-16)25-15-24-20-13-22(21(27-2)12-19(20)23(25)26)28-14-17-6-4-3-5-7-17/h3-13,15H,14H2,1-2H3. The summed E-state index contributed by atoms with van der Waals surface area (Å²) in [5.41, 5.74) is 3.37. The van der Waals surface area contributed by atoms with Gasteiger partial charge in [0.25, 0.3) is 5.56 Å². The average molecular weight is 372 g/mol. The highest BCUT2D eigenvalue weighted by Gasteiger charge is 2.13. The average Bonchev–Trinajstić information content (AvgIpc) is 2.73. The molecule has 0 radical (unpaired) electrons. The van der Waals surface area contributed by atoms with Gasteiger partial charge >= 0.3 is 0 Å². The van der Waals surface area contributed by atoms with Crippen LogP contribution < -0.4 is 15.0 Å². The smallest absolute Gasteiger partial charge is 0.265 e. The normalized spacial score (nSPS) is 10.8. The molecule has 0 saturated heterocycles. The van der Waals surface area contributed by atoms with Crippen molar-refractivity contribution >= 4 is 10.9 Å². The number of aromatic nitrogens is 2. The molecule has 4 rings (SSSR count). The van der Waals surface area contributed by atoms with E-state index in [-0.39, 0.29) is 5.56 Å². The van der Waals surface area contributed by atoms with Gasteiger partial charge in [-0.2, -0.15) is 0 Å². The molecule has 5 heteroatoms. The summed E-state index contributed by atoms with van der Waals surface area (Å²) in [5.74, 6) is 1.06. The van der Waals surface area contributed by atoms with Gasteiger partial charge in [-0.25, -0.2) is 4.98 Å². The molecule has 3 aromatic carbocycles. The Morgan fingerprint density at radius 3 is 2.43 bits per heavy atom. The maximum absolute atomic E-state index is 13.0. The van der Waals surface area contributed by atoms with E-state index in [1.54, 1.807) is 25.6 Å². The van der Waals surface area contributed by atoms with E-state index in [9.17, 15) is 4.79 Å². The van der Waals surface area contributed by atoms with Gasteiger partial charge in [-0.1, -0.05) is 48.0 Å². The summed E-state index contributed by atoms with van der Waals surface area (Å²) in [6.07, 6.45) is 1.54. The Hall–Kier alpha value is -3.60. The minimum absolute atomic E-state index is 0.151. The first-order valence-electron chi connectivity index (χ1n) is 8.99. The van der Waals surface area contributed by atoms with Gasteiger partial charge in [-0.3, -0.25) is 9.36 Å². The molecule has 0 fully saturated rings. The number of methoxy groups -OCH3 is 1. The highest BCUT2D eigenvalue weighted by atomic mass is 16.5.